The number of aromatic nitrogens is 1. The molecule has 0 atom stereocenters. The second kappa shape index (κ2) is 6.12. The smallest absolute Gasteiger partial charge is 0.219 e. The third kappa shape index (κ3) is 2.86. The van der Waals surface area contributed by atoms with Crippen molar-refractivity contribution in [1.29, 1.82) is 0 Å². The first-order valence-corrected chi connectivity index (χ1v) is 7.80. The molecule has 1 saturated heterocycles. The van der Waals surface area contributed by atoms with Crippen molar-refractivity contribution in [3.05, 3.63) is 35.1 Å². The van der Waals surface area contributed by atoms with Crippen LogP contribution in [-0.4, -0.2) is 42.0 Å². The van der Waals surface area contributed by atoms with Gasteiger partial charge in [-0.2, -0.15) is 0 Å². The average Bonchev–Trinajstić information content (AvgIpc) is 2.57. The van der Waals surface area contributed by atoms with Gasteiger partial charge in [-0.3, -0.25) is 4.79 Å². The molecule has 3 rings (SSSR count). The summed E-state index contributed by atoms with van der Waals surface area (Å²) in [5.74, 6) is 0.642. The molecule has 122 valence electrons. The molecule has 1 aromatic carbocycles. The van der Waals surface area contributed by atoms with Crippen LogP contribution in [0.4, 0.5) is 10.2 Å². The Labute approximate surface area is 134 Å². The summed E-state index contributed by atoms with van der Waals surface area (Å²) in [7, 11) is 0. The lowest BCUT2D eigenvalue weighted by molar-refractivity contribution is -0.129. The molecule has 0 saturated carbocycles. The van der Waals surface area contributed by atoms with Crippen LogP contribution >= 0.6 is 0 Å². The Morgan fingerprint density at radius 2 is 2.00 bits per heavy atom. The Hall–Kier alpha value is -2.21. The van der Waals surface area contributed by atoms with Crippen LogP contribution in [0.5, 0.6) is 0 Å². The molecule has 2 heterocycles. The standard InChI is InChI=1S/C17H21FN4O/c1-11-15(18)4-3-13-9-14(10-19)17(20-16(11)13)22-7-5-21(6-8-22)12(2)23/h3-4,9H,5-8,10,19H2,1-2H3. The molecule has 2 aromatic rings. The summed E-state index contributed by atoms with van der Waals surface area (Å²) < 4.78 is 13.8. The number of nitrogens with two attached hydrogens (primary N) is 1. The summed E-state index contributed by atoms with van der Waals surface area (Å²) in [6, 6.07) is 5.19. The van der Waals surface area contributed by atoms with E-state index in [-0.39, 0.29) is 11.7 Å². The molecule has 0 unspecified atom stereocenters. The molecule has 1 aromatic heterocycles. The number of hydrogen-bond acceptors (Lipinski definition) is 4. The summed E-state index contributed by atoms with van der Waals surface area (Å²) in [6.45, 7) is 6.45. The van der Waals surface area contributed by atoms with Crippen LogP contribution in [0.1, 0.15) is 18.1 Å². The fraction of sp³-hybridized carbons (Fsp3) is 0.412. The largest absolute Gasteiger partial charge is 0.353 e. The second-order valence-corrected chi connectivity index (χ2v) is 5.91. The lowest BCUT2D eigenvalue weighted by Gasteiger charge is -2.36. The highest BCUT2D eigenvalue weighted by atomic mass is 19.1. The van der Waals surface area contributed by atoms with Crippen molar-refractivity contribution >= 4 is 22.6 Å². The van der Waals surface area contributed by atoms with E-state index in [1.54, 1.807) is 19.9 Å². The zero-order chi connectivity index (χ0) is 16.6. The van der Waals surface area contributed by atoms with E-state index < -0.39 is 0 Å². The van der Waals surface area contributed by atoms with Gasteiger partial charge in [0.05, 0.1) is 5.52 Å². The van der Waals surface area contributed by atoms with Gasteiger partial charge in [0, 0.05) is 56.2 Å². The van der Waals surface area contributed by atoms with E-state index in [4.69, 9.17) is 10.7 Å². The summed E-state index contributed by atoms with van der Waals surface area (Å²) in [5.41, 5.74) is 8.05. The quantitative estimate of drug-likeness (QED) is 0.918. The first-order chi connectivity index (χ1) is 11.0. The molecule has 1 aliphatic rings. The molecular weight excluding hydrogens is 295 g/mol. The third-order valence-corrected chi connectivity index (χ3v) is 4.48. The molecule has 1 aliphatic heterocycles. The van der Waals surface area contributed by atoms with Gasteiger partial charge < -0.3 is 15.5 Å². The normalized spacial score (nSPS) is 15.3. The number of pyridine rings is 1. The number of anilines is 1. The van der Waals surface area contributed by atoms with Gasteiger partial charge >= 0.3 is 0 Å². The van der Waals surface area contributed by atoms with E-state index in [0.29, 0.717) is 43.8 Å². The number of amides is 1. The van der Waals surface area contributed by atoms with Crippen LogP contribution in [0.15, 0.2) is 18.2 Å². The maximum atomic E-state index is 13.8. The Balaban J connectivity index is 1.99. The van der Waals surface area contributed by atoms with Gasteiger partial charge in [0.15, 0.2) is 0 Å². The fourth-order valence-electron chi connectivity index (χ4n) is 3.05. The van der Waals surface area contributed by atoms with Crippen LogP contribution in [0.2, 0.25) is 0 Å². The number of piperazine rings is 1. The summed E-state index contributed by atoms with van der Waals surface area (Å²) in [4.78, 5) is 20.1. The van der Waals surface area contributed by atoms with Gasteiger partial charge in [-0.15, -0.1) is 0 Å². The maximum Gasteiger partial charge on any atom is 0.219 e. The number of benzene rings is 1. The van der Waals surface area contributed by atoms with Gasteiger partial charge in [0.2, 0.25) is 5.91 Å². The topological polar surface area (TPSA) is 62.5 Å². The van der Waals surface area contributed by atoms with Crippen molar-refractivity contribution in [3.63, 3.8) is 0 Å². The lowest BCUT2D eigenvalue weighted by Crippen LogP contribution is -2.48. The van der Waals surface area contributed by atoms with Crippen molar-refractivity contribution in [2.24, 2.45) is 5.73 Å². The van der Waals surface area contributed by atoms with Crippen LogP contribution < -0.4 is 10.6 Å². The second-order valence-electron chi connectivity index (χ2n) is 5.91. The van der Waals surface area contributed by atoms with Gasteiger partial charge in [-0.1, -0.05) is 0 Å². The number of aryl methyl sites for hydroxylation is 1. The molecule has 0 spiro atoms. The van der Waals surface area contributed by atoms with Crippen LogP contribution in [0.25, 0.3) is 10.9 Å². The SMILES string of the molecule is CC(=O)N1CCN(c2nc3c(C)c(F)ccc3cc2CN)CC1. The maximum absolute atomic E-state index is 13.8. The zero-order valence-corrected chi connectivity index (χ0v) is 13.5. The molecule has 2 N–H and O–H groups in total. The minimum Gasteiger partial charge on any atom is -0.353 e. The van der Waals surface area contributed by atoms with Gasteiger partial charge in [0.1, 0.15) is 11.6 Å². The summed E-state index contributed by atoms with van der Waals surface area (Å²) >= 11 is 0. The highest BCUT2D eigenvalue weighted by molar-refractivity contribution is 5.85. The number of halogens is 1. The van der Waals surface area contributed by atoms with Crippen molar-refractivity contribution in [1.82, 2.24) is 9.88 Å². The number of fused-ring (bicyclic) bond motifs is 1. The van der Waals surface area contributed by atoms with Crippen molar-refractivity contribution < 1.29 is 9.18 Å². The van der Waals surface area contributed by atoms with E-state index in [9.17, 15) is 9.18 Å². The molecule has 1 fully saturated rings. The number of nitrogens with zero attached hydrogens (tertiary/aromatic N) is 3. The van der Waals surface area contributed by atoms with E-state index in [1.807, 2.05) is 11.0 Å². The number of carbonyl (C=O) groups is 1. The number of hydrogen-bond donors (Lipinski definition) is 1. The van der Waals surface area contributed by atoms with Crippen molar-refractivity contribution in [3.8, 4) is 0 Å². The molecule has 23 heavy (non-hydrogen) atoms. The number of rotatable bonds is 2. The molecular formula is C17H21FN4O. The molecule has 5 nitrogen and oxygen atoms in total. The summed E-state index contributed by atoms with van der Waals surface area (Å²) in [6.07, 6.45) is 0. The van der Waals surface area contributed by atoms with Crippen LogP contribution in [0, 0.1) is 12.7 Å². The van der Waals surface area contributed by atoms with E-state index in [2.05, 4.69) is 4.90 Å². The van der Waals surface area contributed by atoms with Gasteiger partial charge in [-0.25, -0.2) is 9.37 Å². The van der Waals surface area contributed by atoms with Crippen molar-refractivity contribution in [2.45, 2.75) is 20.4 Å². The lowest BCUT2D eigenvalue weighted by atomic mass is 10.1. The van der Waals surface area contributed by atoms with Gasteiger partial charge in [0.25, 0.3) is 0 Å². The molecule has 0 aliphatic carbocycles. The molecule has 0 radical (unpaired) electrons. The van der Waals surface area contributed by atoms with E-state index >= 15 is 0 Å². The van der Waals surface area contributed by atoms with Crippen LogP contribution in [0.3, 0.4) is 0 Å². The Morgan fingerprint density at radius 1 is 1.30 bits per heavy atom. The summed E-state index contributed by atoms with van der Waals surface area (Å²) in [5, 5.41) is 0.899. The zero-order valence-electron chi connectivity index (χ0n) is 13.5. The number of carbonyl (C=O) groups excluding carboxylic acids is 1. The Kier molecular flexibility index (Phi) is 4.17. The highest BCUT2D eigenvalue weighted by Crippen LogP contribution is 2.27. The first-order valence-electron chi connectivity index (χ1n) is 7.80. The predicted octanol–water partition coefficient (Wildman–Crippen LogP) is 1.81. The van der Waals surface area contributed by atoms with E-state index in [1.165, 1.54) is 6.07 Å². The Bertz CT molecular complexity index is 754. The van der Waals surface area contributed by atoms with Crippen LogP contribution in [-0.2, 0) is 11.3 Å². The molecule has 0 bridgehead atoms. The minimum absolute atomic E-state index is 0.0908. The predicted molar refractivity (Wildman–Crippen MR) is 88.8 cm³/mol. The fourth-order valence-corrected chi connectivity index (χ4v) is 3.05. The molecule has 1 amide bonds. The minimum atomic E-state index is -0.252. The van der Waals surface area contributed by atoms with Gasteiger partial charge in [-0.05, 0) is 25.1 Å². The monoisotopic (exact) mass is 316 g/mol. The first kappa shape index (κ1) is 15.7. The Morgan fingerprint density at radius 3 is 2.61 bits per heavy atom. The van der Waals surface area contributed by atoms with Crippen molar-refractivity contribution in [2.75, 3.05) is 31.1 Å². The highest BCUT2D eigenvalue weighted by Gasteiger charge is 2.22. The average molecular weight is 316 g/mol. The third-order valence-electron chi connectivity index (χ3n) is 4.48. The molecule has 6 heteroatoms. The van der Waals surface area contributed by atoms with E-state index in [0.717, 1.165) is 16.8 Å².